The predicted molar refractivity (Wildman–Crippen MR) is 156 cm³/mol. The number of amides is 3. The Bertz CT molecular complexity index is 1390. The number of nitrogens with one attached hydrogen (secondary N) is 2. The van der Waals surface area contributed by atoms with Crippen molar-refractivity contribution in [1.29, 1.82) is 5.26 Å². The van der Waals surface area contributed by atoms with E-state index in [1.54, 1.807) is 26.8 Å². The first-order valence-electron chi connectivity index (χ1n) is 12.6. The molecule has 0 aliphatic carbocycles. The summed E-state index contributed by atoms with van der Waals surface area (Å²) in [6.45, 7) is 8.53. The zero-order valence-electron chi connectivity index (χ0n) is 22.8. The molecule has 2 unspecified atom stereocenters. The Kier molecular flexibility index (Phi) is 9.60. The number of fused-ring (bicyclic) bond motifs is 1. The zero-order chi connectivity index (χ0) is 28.7. The third kappa shape index (κ3) is 7.98. The van der Waals surface area contributed by atoms with Crippen LogP contribution in [0.25, 0.3) is 10.8 Å². The lowest BCUT2D eigenvalue weighted by Gasteiger charge is -2.32. The summed E-state index contributed by atoms with van der Waals surface area (Å²) in [4.78, 5) is 41.2. The molecule has 0 heterocycles. The summed E-state index contributed by atoms with van der Waals surface area (Å²) in [5.74, 6) is -1.18. The van der Waals surface area contributed by atoms with E-state index in [2.05, 4.69) is 23.3 Å². The van der Waals surface area contributed by atoms with E-state index in [9.17, 15) is 19.6 Å². The lowest BCUT2D eigenvalue weighted by molar-refractivity contribution is -0.139. The van der Waals surface area contributed by atoms with Crippen LogP contribution in [0.15, 0.2) is 60.7 Å². The summed E-state index contributed by atoms with van der Waals surface area (Å²) < 4.78 is 5.30. The molecule has 0 aromatic heterocycles. The fourth-order valence-corrected chi connectivity index (χ4v) is 4.57. The van der Waals surface area contributed by atoms with Gasteiger partial charge in [0, 0.05) is 11.4 Å². The van der Waals surface area contributed by atoms with E-state index in [-0.39, 0.29) is 12.3 Å². The highest BCUT2D eigenvalue weighted by atomic mass is 32.1. The summed E-state index contributed by atoms with van der Waals surface area (Å²) in [6, 6.07) is 18.6. The molecule has 3 amide bonds. The van der Waals surface area contributed by atoms with Crippen molar-refractivity contribution in [2.75, 3.05) is 17.6 Å². The highest BCUT2D eigenvalue weighted by Crippen LogP contribution is 2.27. The first kappa shape index (κ1) is 29.5. The zero-order valence-corrected chi connectivity index (χ0v) is 23.7. The number of nitriles is 1. The third-order valence-electron chi connectivity index (χ3n) is 5.83. The fourth-order valence-electron chi connectivity index (χ4n) is 4.33. The first-order chi connectivity index (χ1) is 18.4. The number of thiol groups is 1. The number of aryl methyl sites for hydroxylation is 2. The van der Waals surface area contributed by atoms with Crippen molar-refractivity contribution >= 4 is 47.0 Å². The Hall–Kier alpha value is -4.03. The van der Waals surface area contributed by atoms with Crippen molar-refractivity contribution in [3.05, 3.63) is 77.4 Å². The number of hydrogen-bond donors (Lipinski definition) is 3. The number of benzene rings is 3. The minimum absolute atomic E-state index is 0.0636. The minimum Gasteiger partial charge on any atom is -0.444 e. The van der Waals surface area contributed by atoms with Gasteiger partial charge in [-0.2, -0.15) is 17.9 Å². The standard InChI is InChI=1S/C30H34N4O4S/c1-19-14-20(2)16-23(15-19)26(27(35)32-24-11-10-21-8-6-7-9-22(21)17-24)34(13-12-31)28(36)25(18-39)33-29(37)38-30(3,4)5/h6-11,14-17,25-26,39H,13,18H2,1-5H3,(H,32,35)(H,33,37). The maximum absolute atomic E-state index is 13.9. The van der Waals surface area contributed by atoms with Crippen molar-refractivity contribution in [1.82, 2.24) is 10.2 Å². The van der Waals surface area contributed by atoms with Crippen molar-refractivity contribution in [2.24, 2.45) is 0 Å². The molecule has 3 rings (SSSR count). The molecule has 2 atom stereocenters. The number of hydrogen-bond acceptors (Lipinski definition) is 6. The maximum Gasteiger partial charge on any atom is 0.408 e. The van der Waals surface area contributed by atoms with Gasteiger partial charge in [-0.05, 0) is 63.1 Å². The van der Waals surface area contributed by atoms with Crippen LogP contribution in [0.3, 0.4) is 0 Å². The number of rotatable bonds is 8. The van der Waals surface area contributed by atoms with Crippen LogP contribution >= 0.6 is 12.6 Å². The van der Waals surface area contributed by atoms with Crippen molar-refractivity contribution in [3.63, 3.8) is 0 Å². The molecule has 9 heteroatoms. The Morgan fingerprint density at radius 2 is 1.64 bits per heavy atom. The molecule has 3 aromatic rings. The van der Waals surface area contributed by atoms with Gasteiger partial charge in [0.05, 0.1) is 6.07 Å². The molecular formula is C30H34N4O4S. The predicted octanol–water partition coefficient (Wildman–Crippen LogP) is 5.31. The van der Waals surface area contributed by atoms with Gasteiger partial charge in [0.15, 0.2) is 0 Å². The molecule has 0 saturated carbocycles. The van der Waals surface area contributed by atoms with Gasteiger partial charge < -0.3 is 20.3 Å². The van der Waals surface area contributed by atoms with E-state index >= 15 is 0 Å². The van der Waals surface area contributed by atoms with E-state index in [0.717, 1.165) is 21.9 Å². The Morgan fingerprint density at radius 1 is 1.00 bits per heavy atom. The van der Waals surface area contributed by atoms with E-state index < -0.39 is 35.6 Å². The smallest absolute Gasteiger partial charge is 0.408 e. The minimum atomic E-state index is -1.15. The molecule has 0 bridgehead atoms. The van der Waals surface area contributed by atoms with Gasteiger partial charge in [-0.15, -0.1) is 0 Å². The molecule has 0 aliphatic rings. The lowest BCUT2D eigenvalue weighted by Crippen LogP contribution is -2.53. The molecule has 3 aromatic carbocycles. The SMILES string of the molecule is Cc1cc(C)cc(C(C(=O)Nc2ccc3ccccc3c2)N(CC#N)C(=O)C(CS)NC(=O)OC(C)(C)C)c1. The van der Waals surface area contributed by atoms with E-state index in [4.69, 9.17) is 4.74 Å². The van der Waals surface area contributed by atoms with Crippen LogP contribution in [-0.4, -0.2) is 46.7 Å². The highest BCUT2D eigenvalue weighted by molar-refractivity contribution is 7.80. The van der Waals surface area contributed by atoms with Gasteiger partial charge in [-0.25, -0.2) is 4.79 Å². The van der Waals surface area contributed by atoms with Crippen LogP contribution in [0.5, 0.6) is 0 Å². The second-order valence-corrected chi connectivity index (χ2v) is 10.7. The van der Waals surface area contributed by atoms with Crippen LogP contribution in [0.4, 0.5) is 10.5 Å². The van der Waals surface area contributed by atoms with Crippen LogP contribution in [0.2, 0.25) is 0 Å². The van der Waals surface area contributed by atoms with Crippen molar-refractivity contribution in [2.45, 2.75) is 52.3 Å². The van der Waals surface area contributed by atoms with Crippen molar-refractivity contribution < 1.29 is 19.1 Å². The summed E-state index contributed by atoms with van der Waals surface area (Å²) in [5.41, 5.74) is 2.12. The van der Waals surface area contributed by atoms with E-state index in [1.807, 2.05) is 74.5 Å². The number of carbonyl (C=O) groups is 3. The largest absolute Gasteiger partial charge is 0.444 e. The lowest BCUT2D eigenvalue weighted by atomic mass is 9.98. The van der Waals surface area contributed by atoms with Gasteiger partial charge in [0.2, 0.25) is 5.91 Å². The average molecular weight is 547 g/mol. The van der Waals surface area contributed by atoms with Crippen LogP contribution in [0.1, 0.15) is 43.5 Å². The summed E-state index contributed by atoms with van der Waals surface area (Å²) in [7, 11) is 0. The maximum atomic E-state index is 13.9. The quantitative estimate of drug-likeness (QED) is 0.262. The monoisotopic (exact) mass is 546 g/mol. The number of carbonyl (C=O) groups excluding carboxylic acids is 3. The van der Waals surface area contributed by atoms with Gasteiger partial charge in [0.25, 0.3) is 5.91 Å². The molecule has 0 radical (unpaired) electrons. The van der Waals surface area contributed by atoms with Gasteiger partial charge in [0.1, 0.15) is 24.2 Å². The fraction of sp³-hybridized carbons (Fsp3) is 0.333. The third-order valence-corrected chi connectivity index (χ3v) is 6.20. The number of anilines is 1. The van der Waals surface area contributed by atoms with Gasteiger partial charge in [-0.1, -0.05) is 59.7 Å². The van der Waals surface area contributed by atoms with Crippen LogP contribution in [0, 0.1) is 25.2 Å². The Labute approximate surface area is 234 Å². The van der Waals surface area contributed by atoms with Crippen molar-refractivity contribution in [3.8, 4) is 6.07 Å². The topological polar surface area (TPSA) is 112 Å². The summed E-state index contributed by atoms with van der Waals surface area (Å²) in [5, 5.41) is 17.1. The molecule has 2 N–H and O–H groups in total. The highest BCUT2D eigenvalue weighted by Gasteiger charge is 2.36. The number of nitrogens with zero attached hydrogens (tertiary/aromatic N) is 2. The van der Waals surface area contributed by atoms with Crippen LogP contribution < -0.4 is 10.6 Å². The molecule has 0 aliphatic heterocycles. The van der Waals surface area contributed by atoms with E-state index in [1.165, 1.54) is 4.90 Å². The number of alkyl carbamates (subject to hydrolysis) is 1. The molecule has 204 valence electrons. The van der Waals surface area contributed by atoms with Crippen LogP contribution in [-0.2, 0) is 14.3 Å². The molecule has 8 nitrogen and oxygen atoms in total. The van der Waals surface area contributed by atoms with Gasteiger partial charge in [-0.3, -0.25) is 9.59 Å². The molecule has 0 fully saturated rings. The van der Waals surface area contributed by atoms with E-state index in [0.29, 0.717) is 11.3 Å². The molecular weight excluding hydrogens is 512 g/mol. The summed E-state index contributed by atoms with van der Waals surface area (Å²) >= 11 is 4.26. The average Bonchev–Trinajstić information content (AvgIpc) is 2.85. The Morgan fingerprint density at radius 3 is 2.23 bits per heavy atom. The molecule has 39 heavy (non-hydrogen) atoms. The van der Waals surface area contributed by atoms with Gasteiger partial charge >= 0.3 is 6.09 Å². The normalized spacial score (nSPS) is 12.6. The summed E-state index contributed by atoms with van der Waals surface area (Å²) in [6.07, 6.45) is -0.796. The Balaban J connectivity index is 2.00. The molecule has 0 spiro atoms. The number of ether oxygens (including phenoxy) is 1. The molecule has 0 saturated heterocycles. The first-order valence-corrected chi connectivity index (χ1v) is 13.2. The second kappa shape index (κ2) is 12.7. The second-order valence-electron chi connectivity index (χ2n) is 10.4.